The second-order valence-corrected chi connectivity index (χ2v) is 7.46. The largest absolute Gasteiger partial charge is 0.486 e. The van der Waals surface area contributed by atoms with Gasteiger partial charge in [0.25, 0.3) is 0 Å². The Hall–Kier alpha value is -3.10. The first-order valence-electron chi connectivity index (χ1n) is 9.42. The molecule has 0 spiro atoms. The zero-order chi connectivity index (χ0) is 21.3. The summed E-state index contributed by atoms with van der Waals surface area (Å²) in [5, 5.41) is 13.7. The average Bonchev–Trinajstić information content (AvgIpc) is 3.28. The molecule has 6 nitrogen and oxygen atoms in total. The minimum Gasteiger partial charge on any atom is -0.486 e. The number of ether oxygens (including phenoxy) is 1. The number of nitrogens with zero attached hydrogens (tertiary/aromatic N) is 1. The lowest BCUT2D eigenvalue weighted by Crippen LogP contribution is -2.24. The molecule has 2 N–H and O–H groups in total. The number of halogens is 1. The Morgan fingerprint density at radius 3 is 2.50 bits per heavy atom. The maximum Gasteiger partial charge on any atom is 0.317 e. The van der Waals surface area contributed by atoms with Gasteiger partial charge in [-0.2, -0.15) is 0 Å². The highest BCUT2D eigenvalue weighted by Gasteiger charge is 2.15. The van der Waals surface area contributed by atoms with E-state index in [9.17, 15) is 14.0 Å². The van der Waals surface area contributed by atoms with E-state index in [0.717, 1.165) is 5.56 Å². The molecule has 0 bridgehead atoms. The molecular weight excluding hydrogens is 407 g/mol. The third-order valence-electron chi connectivity index (χ3n) is 4.36. The van der Waals surface area contributed by atoms with Crippen LogP contribution in [-0.4, -0.2) is 34.9 Å². The van der Waals surface area contributed by atoms with Crippen LogP contribution in [0, 0.1) is 5.82 Å². The van der Waals surface area contributed by atoms with Crippen molar-refractivity contribution < 1.29 is 23.8 Å². The number of ketones is 1. The van der Waals surface area contributed by atoms with Crippen molar-refractivity contribution in [3.05, 3.63) is 82.1 Å². The van der Waals surface area contributed by atoms with E-state index in [2.05, 4.69) is 10.3 Å². The van der Waals surface area contributed by atoms with Crippen molar-refractivity contribution in [2.24, 2.45) is 0 Å². The highest BCUT2D eigenvalue weighted by molar-refractivity contribution is 7.11. The second-order valence-electron chi connectivity index (χ2n) is 6.56. The number of carbonyl (C=O) groups excluding carboxylic acids is 1. The summed E-state index contributed by atoms with van der Waals surface area (Å²) >= 11 is 1.29. The predicted molar refractivity (Wildman–Crippen MR) is 111 cm³/mol. The molecule has 1 heterocycles. The minimum atomic E-state index is -0.909. The number of thiazole rings is 1. The van der Waals surface area contributed by atoms with E-state index in [0.29, 0.717) is 35.7 Å². The van der Waals surface area contributed by atoms with Crippen molar-refractivity contribution in [1.29, 1.82) is 0 Å². The number of benzene rings is 2. The van der Waals surface area contributed by atoms with E-state index in [-0.39, 0.29) is 24.2 Å². The average molecular weight is 428 g/mol. The first kappa shape index (κ1) is 21.6. The lowest BCUT2D eigenvalue weighted by atomic mass is 10.0. The zero-order valence-electron chi connectivity index (χ0n) is 16.1. The minimum absolute atomic E-state index is 0.101. The fourth-order valence-corrected chi connectivity index (χ4v) is 3.48. The van der Waals surface area contributed by atoms with Crippen LogP contribution < -0.4 is 10.1 Å². The molecule has 0 aliphatic carbocycles. The summed E-state index contributed by atoms with van der Waals surface area (Å²) in [6.45, 7) is 0.422. The highest BCUT2D eigenvalue weighted by Crippen LogP contribution is 2.27. The topological polar surface area (TPSA) is 88.5 Å². The molecule has 3 aromatic rings. The van der Waals surface area contributed by atoms with Crippen LogP contribution in [0.2, 0.25) is 0 Å². The Labute approximate surface area is 177 Å². The molecule has 0 aliphatic heterocycles. The number of carbonyl (C=O) groups is 2. The molecule has 3 rings (SSSR count). The van der Waals surface area contributed by atoms with E-state index in [1.807, 2.05) is 0 Å². The Kier molecular flexibility index (Phi) is 7.64. The number of rotatable bonds is 11. The predicted octanol–water partition coefficient (Wildman–Crippen LogP) is 4.09. The van der Waals surface area contributed by atoms with E-state index < -0.39 is 5.97 Å². The molecule has 156 valence electrons. The molecule has 0 saturated carbocycles. The summed E-state index contributed by atoms with van der Waals surface area (Å²) in [4.78, 5) is 27.0. The number of nitrogens with one attached hydrogen (secondary N) is 1. The van der Waals surface area contributed by atoms with Gasteiger partial charge in [0.2, 0.25) is 5.78 Å². The van der Waals surface area contributed by atoms with Gasteiger partial charge in [0.1, 0.15) is 17.7 Å². The van der Waals surface area contributed by atoms with Crippen LogP contribution >= 0.6 is 11.3 Å². The molecular formula is C22H21FN2O4S. The molecule has 1 unspecified atom stereocenters. The maximum absolute atomic E-state index is 13.3. The van der Waals surface area contributed by atoms with E-state index in [1.165, 1.54) is 23.5 Å². The molecule has 1 aromatic heterocycles. The molecule has 0 fully saturated rings. The molecule has 1 atom stereocenters. The summed E-state index contributed by atoms with van der Waals surface area (Å²) in [5.41, 5.74) is 1.34. The van der Waals surface area contributed by atoms with Crippen molar-refractivity contribution >= 4 is 23.1 Å². The van der Waals surface area contributed by atoms with Crippen LogP contribution in [0.5, 0.6) is 5.75 Å². The fourth-order valence-electron chi connectivity index (χ4n) is 2.89. The Balaban J connectivity index is 1.66. The summed E-state index contributed by atoms with van der Waals surface area (Å²) < 4.78 is 19.4. The second kappa shape index (κ2) is 10.6. The van der Waals surface area contributed by atoms with Gasteiger partial charge in [0, 0.05) is 17.1 Å². The van der Waals surface area contributed by atoms with Crippen LogP contribution in [0.25, 0.3) is 0 Å². The monoisotopic (exact) mass is 428 g/mol. The molecule has 30 heavy (non-hydrogen) atoms. The van der Waals surface area contributed by atoms with Crippen molar-refractivity contribution in [2.75, 3.05) is 13.1 Å². The Morgan fingerprint density at radius 2 is 1.87 bits per heavy atom. The van der Waals surface area contributed by atoms with Gasteiger partial charge in [-0.05, 0) is 61.3 Å². The Morgan fingerprint density at radius 1 is 1.13 bits per heavy atom. The van der Waals surface area contributed by atoms with Gasteiger partial charge in [-0.3, -0.25) is 9.59 Å². The summed E-state index contributed by atoms with van der Waals surface area (Å²) in [6, 6.07) is 12.9. The quantitative estimate of drug-likeness (QED) is 0.353. The summed E-state index contributed by atoms with van der Waals surface area (Å²) in [5.74, 6) is -0.797. The number of carboxylic acids is 1. The van der Waals surface area contributed by atoms with Crippen molar-refractivity contribution in [1.82, 2.24) is 10.3 Å². The van der Waals surface area contributed by atoms with Crippen molar-refractivity contribution in [2.45, 2.75) is 18.9 Å². The van der Waals surface area contributed by atoms with Crippen LogP contribution in [0.1, 0.15) is 39.9 Å². The smallest absolute Gasteiger partial charge is 0.317 e. The summed E-state index contributed by atoms with van der Waals surface area (Å²) in [6.07, 6.45) is 2.54. The van der Waals surface area contributed by atoms with Crippen LogP contribution in [-0.2, 0) is 4.79 Å². The first-order valence-corrected chi connectivity index (χ1v) is 10.3. The fraction of sp³-hybridized carbons (Fsp3) is 0.227. The van der Waals surface area contributed by atoms with Gasteiger partial charge in [-0.1, -0.05) is 12.1 Å². The first-order chi connectivity index (χ1) is 14.5. The zero-order valence-corrected chi connectivity index (χ0v) is 16.9. The van der Waals surface area contributed by atoms with Gasteiger partial charge >= 0.3 is 5.97 Å². The molecule has 2 aromatic carbocycles. The molecule has 0 saturated heterocycles. The molecule has 0 aliphatic rings. The normalized spacial score (nSPS) is 11.8. The molecule has 8 heteroatoms. The van der Waals surface area contributed by atoms with Crippen molar-refractivity contribution in [3.8, 4) is 5.75 Å². The third kappa shape index (κ3) is 6.20. The van der Waals surface area contributed by atoms with Gasteiger partial charge in [0.05, 0.1) is 6.54 Å². The maximum atomic E-state index is 13.3. The highest BCUT2D eigenvalue weighted by atomic mass is 32.1. The SMILES string of the molecule is O=C(O)CNCCCC(Oc1ccc(C(=O)c2nccs2)cc1)c1ccc(F)cc1. The third-order valence-corrected chi connectivity index (χ3v) is 5.13. The number of hydrogen-bond donors (Lipinski definition) is 2. The Bertz CT molecular complexity index is 960. The van der Waals surface area contributed by atoms with Gasteiger partial charge in [-0.25, -0.2) is 9.37 Å². The van der Waals surface area contributed by atoms with E-state index in [4.69, 9.17) is 9.84 Å². The van der Waals surface area contributed by atoms with Gasteiger partial charge in [-0.15, -0.1) is 11.3 Å². The number of hydrogen-bond acceptors (Lipinski definition) is 6. The standard InChI is InChI=1S/C22H21FN2O4S/c23-17-7-3-15(4-8-17)19(2-1-11-24-14-20(26)27)29-18-9-5-16(6-10-18)21(28)22-25-12-13-30-22/h3-10,12-13,19,24H,1-2,11,14H2,(H,26,27). The summed E-state index contributed by atoms with van der Waals surface area (Å²) in [7, 11) is 0. The van der Waals surface area contributed by atoms with Crippen molar-refractivity contribution in [3.63, 3.8) is 0 Å². The molecule has 0 amide bonds. The van der Waals surface area contributed by atoms with Crippen LogP contribution in [0.3, 0.4) is 0 Å². The number of aromatic nitrogens is 1. The molecule has 0 radical (unpaired) electrons. The number of carboxylic acid groups (broad SMARTS) is 1. The van der Waals surface area contributed by atoms with E-state index >= 15 is 0 Å². The number of aliphatic carboxylic acids is 1. The lowest BCUT2D eigenvalue weighted by Gasteiger charge is -2.20. The van der Waals surface area contributed by atoms with E-state index in [1.54, 1.807) is 48.0 Å². The lowest BCUT2D eigenvalue weighted by molar-refractivity contribution is -0.135. The van der Waals surface area contributed by atoms with Gasteiger partial charge < -0.3 is 15.2 Å². The van der Waals surface area contributed by atoms with Crippen LogP contribution in [0.15, 0.2) is 60.1 Å². The van der Waals surface area contributed by atoms with Gasteiger partial charge in [0.15, 0.2) is 5.01 Å². The van der Waals surface area contributed by atoms with Crippen LogP contribution in [0.4, 0.5) is 4.39 Å².